The van der Waals surface area contributed by atoms with Gasteiger partial charge in [-0.3, -0.25) is 0 Å². The van der Waals surface area contributed by atoms with E-state index in [-0.39, 0.29) is 8.88 Å². The van der Waals surface area contributed by atoms with E-state index in [4.69, 9.17) is 0 Å². The van der Waals surface area contributed by atoms with Gasteiger partial charge in [-0.1, -0.05) is 53.9 Å². The summed E-state index contributed by atoms with van der Waals surface area (Å²) < 4.78 is 0. The Bertz CT molecular complexity index is 215. The predicted octanol–water partition coefficient (Wildman–Crippen LogP) is 4.43. The number of carbonyl (C=O) groups excluding carboxylic acids is 1. The smallest absolute Gasteiger partial charge is 0.315 e. The van der Waals surface area contributed by atoms with E-state index < -0.39 is 0 Å². The van der Waals surface area contributed by atoms with Crippen LogP contribution in [-0.4, -0.2) is 18.6 Å². The molecule has 0 aromatic heterocycles. The molecular formula is C15H36N2O. The molecule has 1 saturated carbocycles. The van der Waals surface area contributed by atoms with E-state index in [1.165, 1.54) is 19.3 Å². The summed E-state index contributed by atoms with van der Waals surface area (Å²) in [5, 5.41) is 5.90. The normalized spacial score (nSPS) is 16.2. The summed E-state index contributed by atoms with van der Waals surface area (Å²) >= 11 is 0. The first-order chi connectivity index (χ1) is 8.41. The third-order valence-corrected chi connectivity index (χ3v) is 2.61. The maximum absolute atomic E-state index is 11.4. The van der Waals surface area contributed by atoms with Crippen molar-refractivity contribution in [2.75, 3.05) is 6.54 Å². The minimum absolute atomic E-state index is 0. The van der Waals surface area contributed by atoms with E-state index in [1.807, 2.05) is 0 Å². The monoisotopic (exact) mass is 260 g/mol. The van der Waals surface area contributed by atoms with Crippen LogP contribution in [0.1, 0.15) is 69.6 Å². The molecule has 1 aliphatic carbocycles. The quantitative estimate of drug-likeness (QED) is 0.774. The highest BCUT2D eigenvalue weighted by molar-refractivity contribution is 5.74. The van der Waals surface area contributed by atoms with E-state index in [9.17, 15) is 4.79 Å². The SMILES string of the molecule is CC(C)C.CC(C)CNC(=O)NC1CCCCC1.[HH].[HH]. The maximum atomic E-state index is 11.4. The van der Waals surface area contributed by atoms with E-state index >= 15 is 0 Å². The molecule has 18 heavy (non-hydrogen) atoms. The van der Waals surface area contributed by atoms with Crippen molar-refractivity contribution in [2.24, 2.45) is 11.8 Å². The van der Waals surface area contributed by atoms with Gasteiger partial charge >= 0.3 is 6.03 Å². The molecule has 0 aliphatic heterocycles. The molecule has 0 spiro atoms. The van der Waals surface area contributed by atoms with Gasteiger partial charge in [0.15, 0.2) is 0 Å². The molecule has 1 rings (SSSR count). The van der Waals surface area contributed by atoms with Crippen LogP contribution >= 0.6 is 0 Å². The summed E-state index contributed by atoms with van der Waals surface area (Å²) in [5.74, 6) is 1.35. The van der Waals surface area contributed by atoms with Crippen LogP contribution in [0, 0.1) is 11.8 Å². The van der Waals surface area contributed by atoms with Crippen molar-refractivity contribution in [3.63, 3.8) is 0 Å². The first kappa shape index (κ1) is 17.3. The Morgan fingerprint density at radius 1 is 1.11 bits per heavy atom. The van der Waals surface area contributed by atoms with E-state index in [0.29, 0.717) is 12.0 Å². The fourth-order valence-corrected chi connectivity index (χ4v) is 1.78. The Hall–Kier alpha value is -0.730. The standard InChI is InChI=1S/C11H22N2O.C4H10.2H2/c1-9(2)8-12-11(14)13-10-6-4-3-5-7-10;1-4(2)3;;/h9-10H,3-8H2,1-2H3,(H2,12,13,14);4H,1-3H3;2*1H. The van der Waals surface area contributed by atoms with Crippen molar-refractivity contribution in [2.45, 2.75) is 72.8 Å². The van der Waals surface area contributed by atoms with Crippen LogP contribution in [0.15, 0.2) is 0 Å². The third kappa shape index (κ3) is 11.7. The summed E-state index contributed by atoms with van der Waals surface area (Å²) in [6.45, 7) is 11.5. The van der Waals surface area contributed by atoms with Gasteiger partial charge in [0.2, 0.25) is 0 Å². The molecule has 0 aromatic carbocycles. The predicted molar refractivity (Wildman–Crippen MR) is 83.0 cm³/mol. The van der Waals surface area contributed by atoms with Gasteiger partial charge in [0.25, 0.3) is 0 Å². The first-order valence-electron chi connectivity index (χ1n) is 7.46. The molecule has 1 fully saturated rings. The highest BCUT2D eigenvalue weighted by Crippen LogP contribution is 2.17. The Morgan fingerprint density at radius 3 is 2.06 bits per heavy atom. The lowest BCUT2D eigenvalue weighted by molar-refractivity contribution is 0.231. The second kappa shape index (κ2) is 10.2. The van der Waals surface area contributed by atoms with Gasteiger partial charge in [0.05, 0.1) is 0 Å². The summed E-state index contributed by atoms with van der Waals surface area (Å²) in [6, 6.07) is 0.418. The third-order valence-electron chi connectivity index (χ3n) is 2.61. The van der Waals surface area contributed by atoms with Crippen LogP contribution < -0.4 is 10.6 Å². The number of amides is 2. The first-order valence-corrected chi connectivity index (χ1v) is 7.46. The van der Waals surface area contributed by atoms with Crippen molar-refractivity contribution in [1.29, 1.82) is 0 Å². The zero-order chi connectivity index (χ0) is 14.0. The molecule has 2 N–H and O–H groups in total. The number of carbonyl (C=O) groups is 1. The van der Waals surface area contributed by atoms with Crippen LogP contribution in [0.25, 0.3) is 0 Å². The van der Waals surface area contributed by atoms with Gasteiger partial charge in [0.1, 0.15) is 0 Å². The number of hydrogen-bond donors (Lipinski definition) is 2. The van der Waals surface area contributed by atoms with Crippen LogP contribution in [0.4, 0.5) is 4.79 Å². The molecule has 0 unspecified atom stereocenters. The number of rotatable bonds is 3. The second-order valence-corrected chi connectivity index (χ2v) is 6.32. The van der Waals surface area contributed by atoms with Crippen LogP contribution in [0.2, 0.25) is 0 Å². The minimum Gasteiger partial charge on any atom is -0.338 e. The summed E-state index contributed by atoms with van der Waals surface area (Å²) in [4.78, 5) is 11.4. The van der Waals surface area contributed by atoms with Crippen LogP contribution in [0.5, 0.6) is 0 Å². The van der Waals surface area contributed by atoms with Gasteiger partial charge in [-0.15, -0.1) is 0 Å². The Morgan fingerprint density at radius 2 is 1.61 bits per heavy atom. The zero-order valence-corrected chi connectivity index (χ0v) is 12.9. The Kier molecular flexibility index (Phi) is 9.80. The Labute approximate surface area is 116 Å². The number of nitrogens with one attached hydrogen (secondary N) is 2. The largest absolute Gasteiger partial charge is 0.338 e. The highest BCUT2D eigenvalue weighted by Gasteiger charge is 2.15. The van der Waals surface area contributed by atoms with Crippen LogP contribution in [0.3, 0.4) is 0 Å². The molecule has 0 saturated heterocycles. The van der Waals surface area contributed by atoms with E-state index in [0.717, 1.165) is 25.3 Å². The Balaban J connectivity index is -0.000000429. The van der Waals surface area contributed by atoms with Gasteiger partial charge < -0.3 is 10.6 Å². The lowest BCUT2D eigenvalue weighted by Crippen LogP contribution is -2.43. The van der Waals surface area contributed by atoms with E-state index in [2.05, 4.69) is 45.3 Å². The van der Waals surface area contributed by atoms with Crippen molar-refractivity contribution >= 4 is 6.03 Å². The molecule has 0 aromatic rings. The van der Waals surface area contributed by atoms with Gasteiger partial charge in [-0.05, 0) is 24.7 Å². The lowest BCUT2D eigenvalue weighted by atomic mass is 9.96. The average Bonchev–Trinajstić information content (AvgIpc) is 2.27. The fourth-order valence-electron chi connectivity index (χ4n) is 1.78. The topological polar surface area (TPSA) is 41.1 Å². The fraction of sp³-hybridized carbons (Fsp3) is 0.933. The molecule has 0 atom stereocenters. The van der Waals surface area contributed by atoms with Crippen molar-refractivity contribution < 1.29 is 7.65 Å². The van der Waals surface area contributed by atoms with Gasteiger partial charge in [-0.25, -0.2) is 4.79 Å². The molecule has 112 valence electrons. The lowest BCUT2D eigenvalue weighted by Gasteiger charge is -2.23. The van der Waals surface area contributed by atoms with E-state index in [1.54, 1.807) is 0 Å². The second-order valence-electron chi connectivity index (χ2n) is 6.32. The molecule has 0 heterocycles. The van der Waals surface area contributed by atoms with Crippen molar-refractivity contribution in [3.05, 3.63) is 0 Å². The van der Waals surface area contributed by atoms with Gasteiger partial charge in [0, 0.05) is 15.4 Å². The summed E-state index contributed by atoms with van der Waals surface area (Å²) in [5.41, 5.74) is 0. The van der Waals surface area contributed by atoms with Crippen LogP contribution in [-0.2, 0) is 0 Å². The molecule has 0 radical (unpaired) electrons. The number of hydrogen-bond acceptors (Lipinski definition) is 1. The summed E-state index contributed by atoms with van der Waals surface area (Å²) in [7, 11) is 0. The average molecular weight is 260 g/mol. The van der Waals surface area contributed by atoms with Crippen molar-refractivity contribution in [3.8, 4) is 0 Å². The zero-order valence-electron chi connectivity index (χ0n) is 12.9. The summed E-state index contributed by atoms with van der Waals surface area (Å²) in [6.07, 6.45) is 6.14. The van der Waals surface area contributed by atoms with Gasteiger partial charge in [-0.2, -0.15) is 0 Å². The molecule has 1 aliphatic rings. The maximum Gasteiger partial charge on any atom is 0.315 e. The minimum atomic E-state index is 0. The molecule has 3 nitrogen and oxygen atoms in total. The van der Waals surface area contributed by atoms with Crippen molar-refractivity contribution in [1.82, 2.24) is 10.6 Å². The highest BCUT2D eigenvalue weighted by atomic mass is 16.2. The molecule has 0 bridgehead atoms. The molecule has 3 heteroatoms. The molecular weight excluding hydrogens is 224 g/mol. The molecule has 2 amide bonds. The number of urea groups is 1.